The van der Waals surface area contributed by atoms with Crippen LogP contribution in [-0.2, 0) is 13.1 Å². The Kier molecular flexibility index (Phi) is 4.85. The summed E-state index contributed by atoms with van der Waals surface area (Å²) in [6.45, 7) is 9.12. The number of nitrogens with zero attached hydrogens (tertiary/aromatic N) is 1. The molecule has 0 saturated carbocycles. The summed E-state index contributed by atoms with van der Waals surface area (Å²) in [7, 11) is 0. The fourth-order valence-electron chi connectivity index (χ4n) is 1.65. The van der Waals surface area contributed by atoms with Gasteiger partial charge in [-0.15, -0.1) is 0 Å². The third-order valence-electron chi connectivity index (χ3n) is 2.92. The molecular weight excluding hydrogens is 188 g/mol. The minimum Gasteiger partial charge on any atom is -0.468 e. The van der Waals surface area contributed by atoms with Crippen molar-refractivity contribution in [3.8, 4) is 0 Å². The Bertz CT molecular complexity index is 283. The highest BCUT2D eigenvalue weighted by Gasteiger charge is 2.12. The lowest BCUT2D eigenvalue weighted by Gasteiger charge is -2.25. The van der Waals surface area contributed by atoms with Crippen LogP contribution in [-0.4, -0.2) is 17.5 Å². The first kappa shape index (κ1) is 12.3. The molecule has 0 aliphatic heterocycles. The molecule has 0 amide bonds. The van der Waals surface area contributed by atoms with E-state index in [1.54, 1.807) is 6.26 Å². The first-order chi connectivity index (χ1) is 7.21. The zero-order valence-electron chi connectivity index (χ0n) is 9.99. The summed E-state index contributed by atoms with van der Waals surface area (Å²) in [5, 5.41) is 0. The van der Waals surface area contributed by atoms with Gasteiger partial charge in [-0.25, -0.2) is 0 Å². The summed E-state index contributed by atoms with van der Waals surface area (Å²) in [5.41, 5.74) is 6.61. The molecule has 15 heavy (non-hydrogen) atoms. The molecule has 1 unspecified atom stereocenters. The van der Waals surface area contributed by atoms with Crippen molar-refractivity contribution in [3.05, 3.63) is 23.7 Å². The van der Waals surface area contributed by atoms with Crippen LogP contribution in [0.15, 0.2) is 16.7 Å². The van der Waals surface area contributed by atoms with Crippen LogP contribution in [0.3, 0.4) is 0 Å². The molecule has 86 valence electrons. The highest BCUT2D eigenvalue weighted by Crippen LogP contribution is 2.13. The van der Waals surface area contributed by atoms with Crippen LogP contribution in [0.2, 0.25) is 0 Å². The molecule has 1 aromatic rings. The van der Waals surface area contributed by atoms with Crippen molar-refractivity contribution in [2.24, 2.45) is 5.73 Å². The van der Waals surface area contributed by atoms with E-state index in [0.29, 0.717) is 12.6 Å². The Morgan fingerprint density at radius 1 is 1.47 bits per heavy atom. The van der Waals surface area contributed by atoms with Crippen molar-refractivity contribution in [2.75, 3.05) is 6.54 Å². The maximum Gasteiger partial charge on any atom is 0.118 e. The molecule has 0 aromatic carbocycles. The molecule has 1 aromatic heterocycles. The SMILES string of the molecule is CCC(C)N(CC)Cc1cc(CN)co1. The summed E-state index contributed by atoms with van der Waals surface area (Å²) >= 11 is 0. The van der Waals surface area contributed by atoms with Gasteiger partial charge in [0.15, 0.2) is 0 Å². The van der Waals surface area contributed by atoms with Crippen molar-refractivity contribution < 1.29 is 4.42 Å². The highest BCUT2D eigenvalue weighted by molar-refractivity contribution is 5.12. The zero-order valence-corrected chi connectivity index (χ0v) is 9.99. The Morgan fingerprint density at radius 3 is 2.67 bits per heavy atom. The molecule has 0 aliphatic rings. The van der Waals surface area contributed by atoms with Crippen molar-refractivity contribution >= 4 is 0 Å². The third kappa shape index (κ3) is 3.36. The van der Waals surface area contributed by atoms with Crippen LogP contribution >= 0.6 is 0 Å². The first-order valence-electron chi connectivity index (χ1n) is 5.71. The maximum absolute atomic E-state index is 5.54. The van der Waals surface area contributed by atoms with Crippen molar-refractivity contribution in [3.63, 3.8) is 0 Å². The average molecular weight is 210 g/mol. The van der Waals surface area contributed by atoms with Crippen LogP contribution in [0, 0.1) is 0 Å². The normalized spacial score (nSPS) is 13.4. The summed E-state index contributed by atoms with van der Waals surface area (Å²) in [6, 6.07) is 2.65. The predicted molar refractivity (Wildman–Crippen MR) is 62.4 cm³/mol. The second-order valence-electron chi connectivity index (χ2n) is 3.95. The van der Waals surface area contributed by atoms with E-state index >= 15 is 0 Å². The molecule has 3 nitrogen and oxygen atoms in total. The van der Waals surface area contributed by atoms with E-state index in [9.17, 15) is 0 Å². The molecule has 1 heterocycles. The number of rotatable bonds is 6. The summed E-state index contributed by atoms with van der Waals surface area (Å²) in [5.74, 6) is 1.01. The van der Waals surface area contributed by atoms with E-state index in [-0.39, 0.29) is 0 Å². The Labute approximate surface area is 92.2 Å². The highest BCUT2D eigenvalue weighted by atomic mass is 16.3. The molecule has 0 bridgehead atoms. The lowest BCUT2D eigenvalue weighted by Crippen LogP contribution is -2.31. The lowest BCUT2D eigenvalue weighted by atomic mass is 10.2. The average Bonchev–Trinajstić information content (AvgIpc) is 2.72. The van der Waals surface area contributed by atoms with E-state index in [1.807, 2.05) is 6.07 Å². The van der Waals surface area contributed by atoms with Gasteiger partial charge in [0.25, 0.3) is 0 Å². The molecule has 0 saturated heterocycles. The minimum atomic E-state index is 0.555. The van der Waals surface area contributed by atoms with Crippen LogP contribution in [0.25, 0.3) is 0 Å². The largest absolute Gasteiger partial charge is 0.468 e. The standard InChI is InChI=1S/C12H22N2O/c1-4-10(3)14(5-2)8-12-6-11(7-13)9-15-12/h6,9-10H,4-5,7-8,13H2,1-3H3. The summed E-state index contributed by atoms with van der Waals surface area (Å²) < 4.78 is 5.46. The van der Waals surface area contributed by atoms with E-state index in [1.165, 1.54) is 0 Å². The van der Waals surface area contributed by atoms with Crippen LogP contribution in [0.4, 0.5) is 0 Å². The van der Waals surface area contributed by atoms with Gasteiger partial charge < -0.3 is 10.2 Å². The number of furan rings is 1. The van der Waals surface area contributed by atoms with Gasteiger partial charge in [-0.05, 0) is 26.0 Å². The molecule has 0 fully saturated rings. The maximum atomic E-state index is 5.54. The van der Waals surface area contributed by atoms with Gasteiger partial charge in [0.2, 0.25) is 0 Å². The van der Waals surface area contributed by atoms with Crippen LogP contribution < -0.4 is 5.73 Å². The van der Waals surface area contributed by atoms with Gasteiger partial charge in [-0.1, -0.05) is 13.8 Å². The second-order valence-corrected chi connectivity index (χ2v) is 3.95. The monoisotopic (exact) mass is 210 g/mol. The molecule has 1 rings (SSSR count). The van der Waals surface area contributed by atoms with E-state index < -0.39 is 0 Å². The lowest BCUT2D eigenvalue weighted by molar-refractivity contribution is 0.190. The quantitative estimate of drug-likeness (QED) is 0.783. The molecule has 3 heteroatoms. The summed E-state index contributed by atoms with van der Waals surface area (Å²) in [4.78, 5) is 2.40. The predicted octanol–water partition coefficient (Wildman–Crippen LogP) is 2.36. The fourth-order valence-corrected chi connectivity index (χ4v) is 1.65. The first-order valence-corrected chi connectivity index (χ1v) is 5.71. The van der Waals surface area contributed by atoms with Gasteiger partial charge >= 0.3 is 0 Å². The van der Waals surface area contributed by atoms with Gasteiger partial charge in [-0.3, -0.25) is 4.90 Å². The molecule has 2 N–H and O–H groups in total. The van der Waals surface area contributed by atoms with Crippen LogP contribution in [0.5, 0.6) is 0 Å². The Morgan fingerprint density at radius 2 is 2.20 bits per heavy atom. The molecule has 1 atom stereocenters. The topological polar surface area (TPSA) is 42.4 Å². The minimum absolute atomic E-state index is 0.555. The number of hydrogen-bond donors (Lipinski definition) is 1. The number of nitrogens with two attached hydrogens (primary N) is 1. The van der Waals surface area contributed by atoms with E-state index in [0.717, 1.165) is 30.8 Å². The molecule has 0 radical (unpaired) electrons. The second kappa shape index (κ2) is 5.93. The Balaban J connectivity index is 2.58. The van der Waals surface area contributed by atoms with Gasteiger partial charge in [0.05, 0.1) is 12.8 Å². The van der Waals surface area contributed by atoms with E-state index in [4.69, 9.17) is 10.2 Å². The number of hydrogen-bond acceptors (Lipinski definition) is 3. The summed E-state index contributed by atoms with van der Waals surface area (Å²) in [6.07, 6.45) is 2.91. The zero-order chi connectivity index (χ0) is 11.3. The van der Waals surface area contributed by atoms with Crippen molar-refractivity contribution in [1.82, 2.24) is 4.90 Å². The smallest absolute Gasteiger partial charge is 0.118 e. The van der Waals surface area contributed by atoms with Gasteiger partial charge in [-0.2, -0.15) is 0 Å². The molecular formula is C12H22N2O. The van der Waals surface area contributed by atoms with E-state index in [2.05, 4.69) is 25.7 Å². The molecule has 0 aliphatic carbocycles. The fraction of sp³-hybridized carbons (Fsp3) is 0.667. The molecule has 0 spiro atoms. The van der Waals surface area contributed by atoms with Crippen molar-refractivity contribution in [2.45, 2.75) is 46.3 Å². The van der Waals surface area contributed by atoms with Gasteiger partial charge in [0.1, 0.15) is 5.76 Å². The van der Waals surface area contributed by atoms with Crippen LogP contribution in [0.1, 0.15) is 38.5 Å². The Hall–Kier alpha value is -0.800. The van der Waals surface area contributed by atoms with Gasteiger partial charge in [0, 0.05) is 18.2 Å². The third-order valence-corrected chi connectivity index (χ3v) is 2.92. The van der Waals surface area contributed by atoms with Crippen molar-refractivity contribution in [1.29, 1.82) is 0 Å².